The van der Waals surface area contributed by atoms with Gasteiger partial charge in [0.2, 0.25) is 0 Å². The van der Waals surface area contributed by atoms with Crippen molar-refractivity contribution in [3.05, 3.63) is 76.5 Å². The Morgan fingerprint density at radius 2 is 1.68 bits per heavy atom. The maximum Gasteiger partial charge on any atom is 0.573 e. The fraction of sp³-hybridized carbons (Fsp3) is 0.286. The molecule has 1 aromatic heterocycles. The highest BCUT2D eigenvalue weighted by atomic mass is 19.4. The second-order valence-corrected chi connectivity index (χ2v) is 7.20. The summed E-state index contributed by atoms with van der Waals surface area (Å²) in [5.41, 5.74) is 0.686. The molecular weight excluding hydrogens is 413 g/mol. The number of benzene rings is 2. The lowest BCUT2D eigenvalue weighted by Crippen LogP contribution is -2.38. The molecule has 4 rings (SSSR count). The highest BCUT2D eigenvalue weighted by molar-refractivity contribution is 5.94. The molecule has 162 valence electrons. The fourth-order valence-corrected chi connectivity index (χ4v) is 3.73. The van der Waals surface area contributed by atoms with Crippen LogP contribution in [-0.4, -0.2) is 45.0 Å². The number of carbonyl (C=O) groups is 1. The summed E-state index contributed by atoms with van der Waals surface area (Å²) in [5, 5.41) is 6.70. The van der Waals surface area contributed by atoms with Crippen LogP contribution in [0.15, 0.2) is 59.4 Å². The Balaban J connectivity index is 1.43. The first-order chi connectivity index (χ1) is 14.8. The molecule has 1 fully saturated rings. The van der Waals surface area contributed by atoms with Gasteiger partial charge in [0.05, 0.1) is 5.69 Å². The summed E-state index contributed by atoms with van der Waals surface area (Å²) in [6.45, 7) is 0.889. The van der Waals surface area contributed by atoms with Crippen LogP contribution in [0, 0.1) is 0 Å². The maximum atomic E-state index is 12.7. The number of rotatable bonds is 4. The molecule has 0 aliphatic carbocycles. The van der Waals surface area contributed by atoms with Crippen molar-refractivity contribution in [3.8, 4) is 11.4 Å². The fourth-order valence-electron chi connectivity index (χ4n) is 3.73. The van der Waals surface area contributed by atoms with Gasteiger partial charge in [-0.3, -0.25) is 4.79 Å². The lowest BCUT2D eigenvalue weighted by molar-refractivity contribution is -0.274. The molecule has 3 aromatic rings. The van der Waals surface area contributed by atoms with Crippen LogP contribution < -0.4 is 10.4 Å². The van der Waals surface area contributed by atoms with Gasteiger partial charge in [0.25, 0.3) is 5.91 Å². The lowest BCUT2D eigenvalue weighted by Gasteiger charge is -2.31. The minimum absolute atomic E-state index is 0.00855. The number of alkyl halides is 3. The highest BCUT2D eigenvalue weighted by Crippen LogP contribution is 2.28. The number of H-pyrrole nitrogens is 1. The Bertz CT molecular complexity index is 1100. The van der Waals surface area contributed by atoms with Crippen molar-refractivity contribution in [2.75, 3.05) is 13.1 Å². The van der Waals surface area contributed by atoms with Crippen LogP contribution in [0.3, 0.4) is 0 Å². The lowest BCUT2D eigenvalue weighted by atomic mass is 9.95. The van der Waals surface area contributed by atoms with Gasteiger partial charge < -0.3 is 9.64 Å². The summed E-state index contributed by atoms with van der Waals surface area (Å²) in [5.74, 6) is -0.0256. The Hall–Kier alpha value is -3.56. The molecule has 0 saturated carbocycles. The number of ether oxygens (including phenoxy) is 1. The number of halogens is 3. The van der Waals surface area contributed by atoms with E-state index < -0.39 is 6.36 Å². The quantitative estimate of drug-likeness (QED) is 0.685. The van der Waals surface area contributed by atoms with Gasteiger partial charge >= 0.3 is 12.1 Å². The molecule has 1 N–H and O–H groups in total. The molecule has 1 amide bonds. The molecule has 0 bridgehead atoms. The van der Waals surface area contributed by atoms with Gasteiger partial charge in [-0.1, -0.05) is 18.2 Å². The van der Waals surface area contributed by atoms with E-state index in [1.165, 1.54) is 12.1 Å². The van der Waals surface area contributed by atoms with Gasteiger partial charge in [-0.25, -0.2) is 14.5 Å². The van der Waals surface area contributed by atoms with Crippen LogP contribution in [0.25, 0.3) is 5.69 Å². The van der Waals surface area contributed by atoms with Crippen LogP contribution in [0.1, 0.15) is 34.9 Å². The Morgan fingerprint density at radius 3 is 2.29 bits per heavy atom. The van der Waals surface area contributed by atoms with E-state index in [4.69, 9.17) is 0 Å². The number of aromatic nitrogens is 3. The van der Waals surface area contributed by atoms with E-state index in [2.05, 4.69) is 14.9 Å². The predicted molar refractivity (Wildman–Crippen MR) is 105 cm³/mol. The minimum atomic E-state index is -4.78. The van der Waals surface area contributed by atoms with Gasteiger partial charge in [-0.2, -0.15) is 5.10 Å². The van der Waals surface area contributed by atoms with Gasteiger partial charge in [-0.05, 0) is 49.2 Å². The first kappa shape index (κ1) is 20.7. The molecule has 1 aliphatic heterocycles. The van der Waals surface area contributed by atoms with Crippen molar-refractivity contribution in [1.82, 2.24) is 19.7 Å². The number of hydrogen-bond donors (Lipinski definition) is 1. The van der Waals surface area contributed by atoms with Gasteiger partial charge in [0.1, 0.15) is 11.6 Å². The minimum Gasteiger partial charge on any atom is -0.406 e. The molecule has 10 heteroatoms. The third kappa shape index (κ3) is 4.62. The average molecular weight is 432 g/mol. The van der Waals surface area contributed by atoms with Crippen LogP contribution in [0.2, 0.25) is 0 Å². The summed E-state index contributed by atoms with van der Waals surface area (Å²) in [7, 11) is 0. The number of piperidine rings is 1. The van der Waals surface area contributed by atoms with Gasteiger partial charge in [0.15, 0.2) is 0 Å². The van der Waals surface area contributed by atoms with E-state index in [0.717, 1.165) is 17.8 Å². The Labute approximate surface area is 175 Å². The van der Waals surface area contributed by atoms with Gasteiger partial charge in [-0.15, -0.1) is 13.2 Å². The van der Waals surface area contributed by atoms with Crippen molar-refractivity contribution in [2.24, 2.45) is 0 Å². The normalized spacial score (nSPS) is 15.1. The Morgan fingerprint density at radius 1 is 1.03 bits per heavy atom. The second-order valence-electron chi connectivity index (χ2n) is 7.20. The van der Waals surface area contributed by atoms with Crippen LogP contribution in [0.4, 0.5) is 13.2 Å². The number of nitrogens with one attached hydrogen (secondary N) is 1. The molecule has 0 radical (unpaired) electrons. The summed E-state index contributed by atoms with van der Waals surface area (Å²) in [6.07, 6.45) is -3.56. The molecular formula is C21H19F3N4O3. The molecule has 2 heterocycles. The third-order valence-corrected chi connectivity index (χ3v) is 5.19. The smallest absolute Gasteiger partial charge is 0.406 e. The molecule has 0 spiro atoms. The van der Waals surface area contributed by atoms with Crippen molar-refractivity contribution < 1.29 is 22.7 Å². The number of amides is 1. The summed E-state index contributed by atoms with van der Waals surface area (Å²) >= 11 is 0. The summed E-state index contributed by atoms with van der Waals surface area (Å²) in [4.78, 5) is 26.6. The topological polar surface area (TPSA) is 80.2 Å². The zero-order valence-corrected chi connectivity index (χ0v) is 16.3. The molecule has 1 saturated heterocycles. The summed E-state index contributed by atoms with van der Waals surface area (Å²) in [6, 6.07) is 14.1. The maximum absolute atomic E-state index is 12.7. The first-order valence-corrected chi connectivity index (χ1v) is 9.69. The van der Waals surface area contributed by atoms with E-state index in [1.54, 1.807) is 9.47 Å². The van der Waals surface area contributed by atoms with E-state index in [0.29, 0.717) is 31.8 Å². The third-order valence-electron chi connectivity index (χ3n) is 5.19. The largest absolute Gasteiger partial charge is 0.573 e. The molecule has 0 unspecified atom stereocenters. The molecule has 0 atom stereocenters. The Kier molecular flexibility index (Phi) is 5.53. The van der Waals surface area contributed by atoms with E-state index in [9.17, 15) is 22.8 Å². The van der Waals surface area contributed by atoms with Crippen LogP contribution >= 0.6 is 0 Å². The van der Waals surface area contributed by atoms with Crippen molar-refractivity contribution in [1.29, 1.82) is 0 Å². The van der Waals surface area contributed by atoms with Crippen molar-refractivity contribution in [2.45, 2.75) is 25.1 Å². The van der Waals surface area contributed by atoms with E-state index in [-0.39, 0.29) is 28.8 Å². The van der Waals surface area contributed by atoms with Crippen molar-refractivity contribution >= 4 is 5.91 Å². The zero-order valence-electron chi connectivity index (χ0n) is 16.3. The molecule has 31 heavy (non-hydrogen) atoms. The van der Waals surface area contributed by atoms with E-state index in [1.807, 2.05) is 30.3 Å². The second kappa shape index (κ2) is 8.29. The first-order valence-electron chi connectivity index (χ1n) is 9.69. The number of hydrogen-bond acceptors (Lipinski definition) is 4. The van der Waals surface area contributed by atoms with Crippen LogP contribution in [-0.2, 0) is 0 Å². The number of likely N-dealkylation sites (tertiary alicyclic amines) is 1. The number of carbonyl (C=O) groups excluding carboxylic acids is 1. The number of nitrogens with zero attached hydrogens (tertiary/aromatic N) is 3. The summed E-state index contributed by atoms with van der Waals surface area (Å²) < 4.78 is 42.2. The SMILES string of the molecule is O=C(c1ccc(OC(F)(F)F)cc1)N1CCC(c2n[nH]c(=O)n2-c2ccccc2)CC1. The van der Waals surface area contributed by atoms with Gasteiger partial charge in [0, 0.05) is 24.6 Å². The zero-order chi connectivity index (χ0) is 22.0. The average Bonchev–Trinajstić information content (AvgIpc) is 3.15. The molecule has 7 nitrogen and oxygen atoms in total. The number of para-hydroxylation sites is 1. The molecule has 1 aliphatic rings. The predicted octanol–water partition coefficient (Wildman–Crippen LogP) is 3.48. The highest BCUT2D eigenvalue weighted by Gasteiger charge is 2.31. The van der Waals surface area contributed by atoms with Crippen LogP contribution in [0.5, 0.6) is 5.75 Å². The van der Waals surface area contributed by atoms with E-state index >= 15 is 0 Å². The standard InChI is InChI=1S/C21H19F3N4O3/c22-21(23,24)31-17-8-6-15(7-9-17)19(29)27-12-10-14(11-13-27)18-25-26-20(30)28(18)16-4-2-1-3-5-16/h1-9,14H,10-13H2,(H,26,30). The number of aromatic amines is 1. The van der Waals surface area contributed by atoms with Crippen molar-refractivity contribution in [3.63, 3.8) is 0 Å². The molecule has 2 aromatic carbocycles. The monoisotopic (exact) mass is 432 g/mol.